The smallest absolute Gasteiger partial charge is 0.416 e. The van der Waals surface area contributed by atoms with Gasteiger partial charge >= 0.3 is 12.1 Å². The van der Waals surface area contributed by atoms with E-state index in [-0.39, 0.29) is 41.3 Å². The second-order valence-corrected chi connectivity index (χ2v) is 7.19. The molecule has 1 aromatic carbocycles. The fourth-order valence-corrected chi connectivity index (χ4v) is 3.87. The van der Waals surface area contributed by atoms with Crippen LogP contribution in [0.1, 0.15) is 37.6 Å². The summed E-state index contributed by atoms with van der Waals surface area (Å²) >= 11 is 0. The van der Waals surface area contributed by atoms with Crippen molar-refractivity contribution in [3.8, 4) is 0 Å². The van der Waals surface area contributed by atoms with Gasteiger partial charge in [-0.15, -0.1) is 0 Å². The lowest BCUT2D eigenvalue weighted by molar-refractivity contribution is -0.137. The number of alkyl halides is 3. The molecule has 0 spiro atoms. The number of hydrogen-bond donors (Lipinski definition) is 0. The number of hydrogen-bond acceptors (Lipinski definition) is 5. The fraction of sp³-hybridized carbons (Fsp3) is 0.190. The number of carbonyl (C=O) groups is 2. The summed E-state index contributed by atoms with van der Waals surface area (Å²) < 4.78 is 51.7. The molecule has 0 saturated heterocycles. The van der Waals surface area contributed by atoms with E-state index in [0.717, 1.165) is 24.3 Å². The molecule has 0 unspecified atom stereocenters. The Morgan fingerprint density at radius 2 is 2.10 bits per heavy atom. The van der Waals surface area contributed by atoms with Crippen molar-refractivity contribution in [3.05, 3.63) is 70.7 Å². The van der Waals surface area contributed by atoms with E-state index in [9.17, 15) is 22.8 Å². The van der Waals surface area contributed by atoms with Crippen LogP contribution in [0.3, 0.4) is 0 Å². The summed E-state index contributed by atoms with van der Waals surface area (Å²) in [6, 6.07) is 6.70. The number of carbonyl (C=O) groups excluding carboxylic acids is 2. The number of fused-ring (bicyclic) bond motifs is 1. The molecule has 7 nitrogen and oxygen atoms in total. The predicted octanol–water partition coefficient (Wildman–Crippen LogP) is 4.04. The molecule has 1 aliphatic heterocycles. The monoisotopic (exact) mass is 429 g/mol. The Balaban J connectivity index is 1.54. The topological polar surface area (TPSA) is 77.1 Å². The summed E-state index contributed by atoms with van der Waals surface area (Å²) in [6.45, 7) is 0.303. The molecule has 0 saturated carbocycles. The van der Waals surface area contributed by atoms with Crippen LogP contribution < -0.4 is 0 Å². The summed E-state index contributed by atoms with van der Waals surface area (Å²) in [5, 5.41) is 4.28. The molecular weight excluding hydrogens is 415 g/mol. The van der Waals surface area contributed by atoms with Crippen LogP contribution >= 0.6 is 0 Å². The van der Waals surface area contributed by atoms with Gasteiger partial charge in [0.05, 0.1) is 36.5 Å². The van der Waals surface area contributed by atoms with Gasteiger partial charge in [-0.25, -0.2) is 9.31 Å². The van der Waals surface area contributed by atoms with E-state index in [1.165, 1.54) is 17.2 Å². The first kappa shape index (κ1) is 19.2. The number of ether oxygens (including phenoxy) is 1. The first-order chi connectivity index (χ1) is 14.8. The van der Waals surface area contributed by atoms with Crippen molar-refractivity contribution in [1.82, 2.24) is 14.5 Å². The van der Waals surface area contributed by atoms with Gasteiger partial charge in [-0.2, -0.15) is 18.3 Å². The SMILES string of the molecule is COC(=O)c1cc(C(F)(F)F)cc2cc(CN3Cc4cccn5ncc(c45)C3=O)oc12. The van der Waals surface area contributed by atoms with E-state index < -0.39 is 17.7 Å². The van der Waals surface area contributed by atoms with Crippen LogP contribution in [0.25, 0.3) is 16.5 Å². The zero-order chi connectivity index (χ0) is 21.9. The number of amides is 1. The van der Waals surface area contributed by atoms with E-state index in [1.807, 2.05) is 12.1 Å². The van der Waals surface area contributed by atoms with Crippen LogP contribution in [0.15, 0.2) is 47.1 Å². The van der Waals surface area contributed by atoms with Crippen molar-refractivity contribution in [2.75, 3.05) is 7.11 Å². The molecular formula is C21H14F3N3O4. The Kier molecular flexibility index (Phi) is 4.07. The fourth-order valence-electron chi connectivity index (χ4n) is 3.87. The van der Waals surface area contributed by atoms with Crippen molar-refractivity contribution in [2.24, 2.45) is 0 Å². The number of halogens is 3. The molecule has 10 heteroatoms. The molecule has 31 heavy (non-hydrogen) atoms. The highest BCUT2D eigenvalue weighted by molar-refractivity contribution is 6.04. The van der Waals surface area contributed by atoms with Crippen LogP contribution in [-0.2, 0) is 24.0 Å². The quantitative estimate of drug-likeness (QED) is 0.460. The van der Waals surface area contributed by atoms with Gasteiger partial charge in [0.25, 0.3) is 5.91 Å². The number of benzene rings is 1. The summed E-state index contributed by atoms with van der Waals surface area (Å²) in [5.74, 6) is -0.962. The standard InChI is InChI=1S/C21H14F3N3O4/c1-30-20(29)15-7-13(21(22,23)24)5-12-6-14(31-18(12)15)10-26-9-11-3-2-4-27-17(11)16(8-25-27)19(26)28/h2-8H,9-10H2,1H3. The third-order valence-electron chi connectivity index (χ3n) is 5.25. The molecule has 0 atom stereocenters. The number of pyridine rings is 1. The van der Waals surface area contributed by atoms with Crippen molar-refractivity contribution in [2.45, 2.75) is 19.3 Å². The van der Waals surface area contributed by atoms with E-state index in [4.69, 9.17) is 4.42 Å². The zero-order valence-corrected chi connectivity index (χ0v) is 16.1. The second-order valence-electron chi connectivity index (χ2n) is 7.19. The maximum Gasteiger partial charge on any atom is 0.416 e. The van der Waals surface area contributed by atoms with Gasteiger partial charge in [0.1, 0.15) is 16.9 Å². The highest BCUT2D eigenvalue weighted by Crippen LogP contribution is 2.35. The molecule has 0 aliphatic carbocycles. The van der Waals surface area contributed by atoms with Gasteiger partial charge in [0.15, 0.2) is 0 Å². The Morgan fingerprint density at radius 1 is 1.29 bits per heavy atom. The van der Waals surface area contributed by atoms with Crippen molar-refractivity contribution in [3.63, 3.8) is 0 Å². The summed E-state index contributed by atoms with van der Waals surface area (Å²) in [7, 11) is 1.08. The lowest BCUT2D eigenvalue weighted by atomic mass is 10.1. The van der Waals surface area contributed by atoms with Gasteiger partial charge in [0, 0.05) is 18.1 Å². The van der Waals surface area contributed by atoms with Crippen molar-refractivity contribution in [1.29, 1.82) is 0 Å². The molecule has 1 aliphatic rings. The zero-order valence-electron chi connectivity index (χ0n) is 16.1. The van der Waals surface area contributed by atoms with E-state index in [0.29, 0.717) is 11.6 Å². The Morgan fingerprint density at radius 3 is 2.84 bits per heavy atom. The van der Waals surface area contributed by atoms with Gasteiger partial charge in [-0.1, -0.05) is 6.07 Å². The van der Waals surface area contributed by atoms with Gasteiger partial charge < -0.3 is 14.1 Å². The highest BCUT2D eigenvalue weighted by atomic mass is 19.4. The number of nitrogens with zero attached hydrogens (tertiary/aromatic N) is 3. The minimum atomic E-state index is -4.64. The maximum absolute atomic E-state index is 13.3. The Labute approximate surface area is 172 Å². The molecule has 0 fully saturated rings. The van der Waals surface area contributed by atoms with Crippen molar-refractivity contribution < 1.29 is 31.9 Å². The lowest BCUT2D eigenvalue weighted by Gasteiger charge is -2.25. The summed E-state index contributed by atoms with van der Waals surface area (Å²) in [6.07, 6.45) is -1.41. The average Bonchev–Trinajstić information content (AvgIpc) is 3.34. The Bertz CT molecular complexity index is 1370. The van der Waals surface area contributed by atoms with Gasteiger partial charge in [-0.05, 0) is 29.8 Å². The molecule has 5 rings (SSSR count). The molecule has 158 valence electrons. The number of methoxy groups -OCH3 is 1. The number of esters is 1. The number of furan rings is 1. The maximum atomic E-state index is 13.3. The van der Waals surface area contributed by atoms with Crippen LogP contribution in [-0.4, -0.2) is 33.5 Å². The minimum absolute atomic E-state index is 0.0150. The lowest BCUT2D eigenvalue weighted by Crippen LogP contribution is -2.33. The molecule has 0 radical (unpaired) electrons. The predicted molar refractivity (Wildman–Crippen MR) is 101 cm³/mol. The summed E-state index contributed by atoms with van der Waals surface area (Å²) in [5.41, 5.74) is 0.724. The molecule has 0 N–H and O–H groups in total. The number of aromatic nitrogens is 2. The molecule has 4 heterocycles. The van der Waals surface area contributed by atoms with Crippen LogP contribution in [0, 0.1) is 0 Å². The molecule has 3 aromatic heterocycles. The first-order valence-electron chi connectivity index (χ1n) is 9.23. The third kappa shape index (κ3) is 3.02. The molecule has 4 aromatic rings. The Hall–Kier alpha value is -3.82. The van der Waals surface area contributed by atoms with E-state index in [1.54, 1.807) is 10.7 Å². The average molecular weight is 429 g/mol. The number of rotatable bonds is 3. The summed E-state index contributed by atoms with van der Waals surface area (Å²) in [4.78, 5) is 26.5. The highest BCUT2D eigenvalue weighted by Gasteiger charge is 2.34. The van der Waals surface area contributed by atoms with Gasteiger partial charge in [-0.3, -0.25) is 4.79 Å². The van der Waals surface area contributed by atoms with Gasteiger partial charge in [0.2, 0.25) is 0 Å². The van der Waals surface area contributed by atoms with Crippen molar-refractivity contribution >= 4 is 28.4 Å². The van der Waals surface area contributed by atoms with Crippen LogP contribution in [0.2, 0.25) is 0 Å². The largest absolute Gasteiger partial charge is 0.465 e. The van der Waals surface area contributed by atoms with E-state index in [2.05, 4.69) is 9.84 Å². The minimum Gasteiger partial charge on any atom is -0.465 e. The van der Waals surface area contributed by atoms with Crippen LogP contribution in [0.4, 0.5) is 13.2 Å². The van der Waals surface area contributed by atoms with E-state index >= 15 is 0 Å². The van der Waals surface area contributed by atoms with Crippen LogP contribution in [0.5, 0.6) is 0 Å². The molecule has 0 bridgehead atoms. The third-order valence-corrected chi connectivity index (χ3v) is 5.25. The normalized spacial score (nSPS) is 13.9. The first-order valence-corrected chi connectivity index (χ1v) is 9.23. The molecule has 1 amide bonds. The second kappa shape index (κ2) is 6.59.